The Morgan fingerprint density at radius 3 is 2.09 bits per heavy atom. The lowest BCUT2D eigenvalue weighted by Crippen LogP contribution is -2.32. The summed E-state index contributed by atoms with van der Waals surface area (Å²) >= 11 is 4.78. The number of nitro groups is 2. The van der Waals surface area contributed by atoms with E-state index >= 15 is 0 Å². The SMILES string of the molecule is COc1ccc(-c2n(-c3ccc([N+](=O)[O-])cc3)c(S)c(-c3cccc([N+](=O)[O-])c3)[n+]2C)cc1. The quantitative estimate of drug-likeness (QED) is 0.192. The van der Waals surface area contributed by atoms with Crippen LogP contribution in [0.1, 0.15) is 0 Å². The molecule has 33 heavy (non-hydrogen) atoms. The number of imidazole rings is 1. The molecule has 0 amide bonds. The second-order valence-electron chi connectivity index (χ2n) is 7.20. The van der Waals surface area contributed by atoms with E-state index in [0.29, 0.717) is 27.7 Å². The summed E-state index contributed by atoms with van der Waals surface area (Å²) in [5, 5.41) is 23.0. The summed E-state index contributed by atoms with van der Waals surface area (Å²) in [4.78, 5) is 21.5. The number of non-ortho nitro benzene ring substituents is 2. The maximum Gasteiger partial charge on any atom is 0.295 e. The van der Waals surface area contributed by atoms with Crippen LogP contribution < -0.4 is 9.30 Å². The minimum atomic E-state index is -0.458. The highest BCUT2D eigenvalue weighted by molar-refractivity contribution is 7.80. The summed E-state index contributed by atoms with van der Waals surface area (Å²) in [6.07, 6.45) is 0. The van der Waals surface area contributed by atoms with Gasteiger partial charge in [-0.25, -0.2) is 4.57 Å². The number of nitro benzene ring substituents is 2. The highest BCUT2D eigenvalue weighted by Gasteiger charge is 2.31. The van der Waals surface area contributed by atoms with Crippen LogP contribution in [0.25, 0.3) is 28.3 Å². The van der Waals surface area contributed by atoms with Crippen LogP contribution in [0, 0.1) is 20.2 Å². The Balaban J connectivity index is 1.99. The van der Waals surface area contributed by atoms with E-state index in [1.165, 1.54) is 24.3 Å². The van der Waals surface area contributed by atoms with Crippen molar-refractivity contribution in [1.29, 1.82) is 0 Å². The molecule has 0 saturated heterocycles. The van der Waals surface area contributed by atoms with E-state index in [0.717, 1.165) is 11.4 Å². The lowest BCUT2D eigenvalue weighted by Gasteiger charge is -2.05. The Kier molecular flexibility index (Phi) is 5.84. The summed E-state index contributed by atoms with van der Waals surface area (Å²) < 4.78 is 9.01. The van der Waals surface area contributed by atoms with E-state index in [1.807, 2.05) is 40.4 Å². The summed E-state index contributed by atoms with van der Waals surface area (Å²) in [5.41, 5.74) is 2.71. The van der Waals surface area contributed by atoms with Crippen LogP contribution >= 0.6 is 12.6 Å². The van der Waals surface area contributed by atoms with E-state index < -0.39 is 9.85 Å². The van der Waals surface area contributed by atoms with Crippen molar-refractivity contribution < 1.29 is 19.2 Å². The van der Waals surface area contributed by atoms with Crippen molar-refractivity contribution in [1.82, 2.24) is 4.57 Å². The number of rotatable bonds is 6. The molecular weight excluding hydrogens is 444 g/mol. The molecule has 0 fully saturated rings. The second-order valence-corrected chi connectivity index (χ2v) is 7.62. The van der Waals surface area contributed by atoms with Gasteiger partial charge in [-0.2, -0.15) is 4.57 Å². The standard InChI is InChI=1S/C23H18N4O5S/c1-24-21(16-4-3-5-19(14-16)27(30)31)23(33)25(17-8-10-18(11-9-17)26(28)29)22(24)15-6-12-20(32-2)13-7-15/h3-14H,1-2H3/p+1. The molecule has 0 aliphatic rings. The molecule has 1 aromatic heterocycles. The van der Waals surface area contributed by atoms with Gasteiger partial charge in [0.25, 0.3) is 17.2 Å². The van der Waals surface area contributed by atoms with Crippen LogP contribution in [0.2, 0.25) is 0 Å². The molecule has 10 heteroatoms. The molecule has 0 saturated carbocycles. The first-order valence-electron chi connectivity index (χ1n) is 9.79. The maximum absolute atomic E-state index is 11.3. The average Bonchev–Trinajstić information content (AvgIpc) is 3.09. The second kappa shape index (κ2) is 8.75. The molecular formula is C23H19N4O5S+. The van der Waals surface area contributed by atoms with Gasteiger partial charge in [0, 0.05) is 29.8 Å². The van der Waals surface area contributed by atoms with E-state index in [1.54, 1.807) is 31.4 Å². The molecule has 0 bridgehead atoms. The van der Waals surface area contributed by atoms with Gasteiger partial charge in [0.2, 0.25) is 5.03 Å². The third-order valence-electron chi connectivity index (χ3n) is 5.29. The molecule has 0 aliphatic carbocycles. The van der Waals surface area contributed by atoms with Gasteiger partial charge in [-0.1, -0.05) is 24.8 Å². The summed E-state index contributed by atoms with van der Waals surface area (Å²) in [7, 11) is 3.43. The smallest absolute Gasteiger partial charge is 0.295 e. The van der Waals surface area contributed by atoms with E-state index in [4.69, 9.17) is 17.4 Å². The molecule has 0 unspecified atom stereocenters. The largest absolute Gasteiger partial charge is 0.497 e. The zero-order valence-electron chi connectivity index (χ0n) is 17.7. The fourth-order valence-corrected chi connectivity index (χ4v) is 4.22. The predicted molar refractivity (Wildman–Crippen MR) is 125 cm³/mol. The Morgan fingerprint density at radius 1 is 0.879 bits per heavy atom. The van der Waals surface area contributed by atoms with Crippen molar-refractivity contribution in [2.45, 2.75) is 5.03 Å². The van der Waals surface area contributed by atoms with Gasteiger partial charge in [0.05, 0.1) is 29.6 Å². The fraction of sp³-hybridized carbons (Fsp3) is 0.0870. The number of hydrogen-bond acceptors (Lipinski definition) is 6. The highest BCUT2D eigenvalue weighted by Crippen LogP contribution is 2.34. The lowest BCUT2D eigenvalue weighted by atomic mass is 10.1. The summed E-state index contributed by atoms with van der Waals surface area (Å²) in [6, 6.07) is 19.9. The van der Waals surface area contributed by atoms with Crippen molar-refractivity contribution in [3.8, 4) is 34.1 Å². The van der Waals surface area contributed by atoms with Crippen molar-refractivity contribution >= 4 is 24.0 Å². The first kappa shape index (κ1) is 22.0. The number of aromatic nitrogens is 2. The first-order valence-corrected chi connectivity index (χ1v) is 10.2. The predicted octanol–water partition coefficient (Wildman–Crippen LogP) is 4.75. The summed E-state index contributed by atoms with van der Waals surface area (Å²) in [5.74, 6) is 1.43. The lowest BCUT2D eigenvalue weighted by molar-refractivity contribution is -0.649. The van der Waals surface area contributed by atoms with Crippen molar-refractivity contribution in [3.63, 3.8) is 0 Å². The molecule has 9 nitrogen and oxygen atoms in total. The van der Waals surface area contributed by atoms with Crippen LogP contribution in [0.5, 0.6) is 5.75 Å². The van der Waals surface area contributed by atoms with E-state index in [9.17, 15) is 20.2 Å². The average molecular weight is 463 g/mol. The molecule has 0 atom stereocenters. The number of methoxy groups -OCH3 is 1. The molecule has 4 rings (SSSR count). The zero-order chi connectivity index (χ0) is 23.7. The highest BCUT2D eigenvalue weighted by atomic mass is 32.1. The monoisotopic (exact) mass is 463 g/mol. The molecule has 0 spiro atoms. The topological polar surface area (TPSA) is 104 Å². The maximum atomic E-state index is 11.3. The number of hydrogen-bond donors (Lipinski definition) is 1. The molecule has 3 aromatic carbocycles. The minimum Gasteiger partial charge on any atom is -0.497 e. The van der Waals surface area contributed by atoms with Gasteiger partial charge in [-0.15, -0.1) is 0 Å². The first-order chi connectivity index (χ1) is 15.8. The van der Waals surface area contributed by atoms with Crippen LogP contribution in [-0.4, -0.2) is 21.5 Å². The Bertz CT molecular complexity index is 1370. The zero-order valence-corrected chi connectivity index (χ0v) is 18.6. The molecule has 0 N–H and O–H groups in total. The summed E-state index contributed by atoms with van der Waals surface area (Å²) in [6.45, 7) is 0. The van der Waals surface area contributed by atoms with Crippen LogP contribution in [-0.2, 0) is 7.05 Å². The normalized spacial score (nSPS) is 10.8. The third-order valence-corrected chi connectivity index (χ3v) is 5.70. The van der Waals surface area contributed by atoms with Gasteiger partial charge < -0.3 is 4.74 Å². The molecule has 4 aromatic rings. The van der Waals surface area contributed by atoms with Crippen molar-refractivity contribution in [2.24, 2.45) is 7.05 Å². The van der Waals surface area contributed by atoms with Crippen LogP contribution in [0.4, 0.5) is 11.4 Å². The number of benzene rings is 3. The van der Waals surface area contributed by atoms with Gasteiger partial charge in [-0.05, 0) is 36.4 Å². The fourth-order valence-electron chi connectivity index (χ4n) is 3.73. The van der Waals surface area contributed by atoms with Crippen LogP contribution in [0.15, 0.2) is 77.8 Å². The third kappa shape index (κ3) is 4.03. The molecule has 0 radical (unpaired) electrons. The Morgan fingerprint density at radius 2 is 1.52 bits per heavy atom. The molecule has 1 heterocycles. The Hall–Kier alpha value is -4.18. The van der Waals surface area contributed by atoms with E-state index in [-0.39, 0.29) is 11.4 Å². The van der Waals surface area contributed by atoms with Crippen molar-refractivity contribution in [2.75, 3.05) is 7.11 Å². The van der Waals surface area contributed by atoms with Gasteiger partial charge in [0.1, 0.15) is 11.4 Å². The minimum absolute atomic E-state index is 0.0269. The van der Waals surface area contributed by atoms with Crippen LogP contribution in [0.3, 0.4) is 0 Å². The van der Waals surface area contributed by atoms with Gasteiger partial charge in [-0.3, -0.25) is 20.2 Å². The molecule has 0 aliphatic heterocycles. The van der Waals surface area contributed by atoms with Gasteiger partial charge in [0.15, 0.2) is 5.69 Å². The number of ether oxygens (including phenoxy) is 1. The van der Waals surface area contributed by atoms with Crippen molar-refractivity contribution in [3.05, 3.63) is 93.0 Å². The van der Waals surface area contributed by atoms with E-state index in [2.05, 4.69) is 0 Å². The molecule has 166 valence electrons. The number of thiol groups is 1. The number of nitrogens with zero attached hydrogens (tertiary/aromatic N) is 4. The Labute approximate surface area is 194 Å². The van der Waals surface area contributed by atoms with Gasteiger partial charge >= 0.3 is 0 Å².